The first kappa shape index (κ1) is 10.9. The van der Waals surface area contributed by atoms with Crippen molar-refractivity contribution in [3.63, 3.8) is 0 Å². The zero-order valence-corrected chi connectivity index (χ0v) is 9.01. The third-order valence-corrected chi connectivity index (χ3v) is 3.58. The Balaban J connectivity index is 1.79. The summed E-state index contributed by atoms with van der Waals surface area (Å²) >= 11 is 1.67. The second-order valence-corrected chi connectivity index (χ2v) is 4.60. The maximum absolute atomic E-state index is 12.4. The van der Waals surface area contributed by atoms with E-state index in [4.69, 9.17) is 0 Å². The SMILES string of the molecule is FC(F)n1ccnc1CSCC1CNC1. The molecular weight excluding hydrogens is 220 g/mol. The Morgan fingerprint density at radius 1 is 1.60 bits per heavy atom. The number of nitrogens with one attached hydrogen (secondary N) is 1. The fourth-order valence-electron chi connectivity index (χ4n) is 1.42. The van der Waals surface area contributed by atoms with Crippen LogP contribution in [0.25, 0.3) is 0 Å². The zero-order valence-electron chi connectivity index (χ0n) is 8.20. The van der Waals surface area contributed by atoms with Gasteiger partial charge in [0.2, 0.25) is 0 Å². The molecule has 1 saturated heterocycles. The van der Waals surface area contributed by atoms with Gasteiger partial charge >= 0.3 is 6.55 Å². The number of nitrogens with zero attached hydrogens (tertiary/aromatic N) is 2. The van der Waals surface area contributed by atoms with Crippen molar-refractivity contribution in [2.75, 3.05) is 18.8 Å². The largest absolute Gasteiger partial charge is 0.319 e. The summed E-state index contributed by atoms with van der Waals surface area (Å²) in [5.74, 6) is 2.74. The molecule has 0 radical (unpaired) electrons. The summed E-state index contributed by atoms with van der Waals surface area (Å²) in [6, 6.07) is 0. The van der Waals surface area contributed by atoms with Gasteiger partial charge in [0.15, 0.2) is 0 Å². The van der Waals surface area contributed by atoms with Crippen molar-refractivity contribution in [1.29, 1.82) is 0 Å². The Morgan fingerprint density at radius 2 is 2.40 bits per heavy atom. The van der Waals surface area contributed by atoms with E-state index in [1.807, 2.05) is 0 Å². The number of aromatic nitrogens is 2. The number of imidazole rings is 1. The first-order chi connectivity index (χ1) is 7.27. The number of hydrogen-bond acceptors (Lipinski definition) is 3. The second kappa shape index (κ2) is 4.94. The van der Waals surface area contributed by atoms with Crippen molar-refractivity contribution in [3.05, 3.63) is 18.2 Å². The first-order valence-corrected chi connectivity index (χ1v) is 6.01. The normalized spacial score (nSPS) is 17.0. The van der Waals surface area contributed by atoms with Crippen LogP contribution in [0.15, 0.2) is 12.4 Å². The molecule has 1 N–H and O–H groups in total. The molecule has 0 saturated carbocycles. The van der Waals surface area contributed by atoms with E-state index in [0.717, 1.165) is 23.4 Å². The van der Waals surface area contributed by atoms with Gasteiger partial charge in [0.25, 0.3) is 0 Å². The molecule has 1 fully saturated rings. The van der Waals surface area contributed by atoms with Crippen LogP contribution >= 0.6 is 11.8 Å². The second-order valence-electron chi connectivity index (χ2n) is 3.57. The molecule has 2 rings (SSSR count). The molecule has 0 amide bonds. The predicted octanol–water partition coefficient (Wildman–Crippen LogP) is 1.73. The number of halogens is 2. The van der Waals surface area contributed by atoms with E-state index >= 15 is 0 Å². The molecular formula is C9H13F2N3S. The van der Waals surface area contributed by atoms with Crippen molar-refractivity contribution in [1.82, 2.24) is 14.9 Å². The Bertz CT molecular complexity index is 312. The summed E-state index contributed by atoms with van der Waals surface area (Å²) in [5.41, 5.74) is 0. The number of alkyl halides is 2. The molecule has 0 aromatic carbocycles. The molecule has 1 aliphatic heterocycles. The molecule has 84 valence electrons. The molecule has 0 atom stereocenters. The molecule has 6 heteroatoms. The standard InChI is InChI=1S/C9H13F2N3S/c10-9(11)14-2-1-13-8(14)6-15-5-7-3-12-4-7/h1-2,7,9,12H,3-6H2. The summed E-state index contributed by atoms with van der Waals surface area (Å²) in [6.45, 7) is -0.375. The van der Waals surface area contributed by atoms with Crippen LogP contribution in [0, 0.1) is 5.92 Å². The fraction of sp³-hybridized carbons (Fsp3) is 0.667. The van der Waals surface area contributed by atoms with Crippen LogP contribution in [0.1, 0.15) is 12.4 Å². The Kier molecular flexibility index (Phi) is 3.58. The molecule has 0 spiro atoms. The molecule has 1 aromatic rings. The summed E-state index contributed by atoms with van der Waals surface area (Å²) in [4.78, 5) is 3.92. The molecule has 0 aliphatic carbocycles. The van der Waals surface area contributed by atoms with Crippen LogP contribution in [0.2, 0.25) is 0 Å². The minimum atomic E-state index is -2.48. The van der Waals surface area contributed by atoms with Crippen molar-refractivity contribution >= 4 is 11.8 Å². The third-order valence-electron chi connectivity index (χ3n) is 2.41. The van der Waals surface area contributed by atoms with Crippen LogP contribution < -0.4 is 5.32 Å². The van der Waals surface area contributed by atoms with Gasteiger partial charge in [-0.3, -0.25) is 4.57 Å². The highest BCUT2D eigenvalue weighted by Gasteiger charge is 2.17. The minimum absolute atomic E-state index is 0.460. The summed E-state index contributed by atoms with van der Waals surface area (Å²) < 4.78 is 25.8. The van der Waals surface area contributed by atoms with E-state index < -0.39 is 6.55 Å². The van der Waals surface area contributed by atoms with Crippen molar-refractivity contribution in [2.24, 2.45) is 5.92 Å². The van der Waals surface area contributed by atoms with Crippen LogP contribution in [0.5, 0.6) is 0 Å². The molecule has 2 heterocycles. The predicted molar refractivity (Wildman–Crippen MR) is 56.0 cm³/mol. The van der Waals surface area contributed by atoms with E-state index in [9.17, 15) is 8.78 Å². The van der Waals surface area contributed by atoms with Gasteiger partial charge in [-0.2, -0.15) is 20.5 Å². The Hall–Kier alpha value is -0.620. The molecule has 0 bridgehead atoms. The van der Waals surface area contributed by atoms with Gasteiger partial charge in [-0.05, 0) is 24.8 Å². The molecule has 3 nitrogen and oxygen atoms in total. The van der Waals surface area contributed by atoms with Gasteiger partial charge in [-0.15, -0.1) is 0 Å². The molecule has 1 aliphatic rings. The van der Waals surface area contributed by atoms with Crippen molar-refractivity contribution < 1.29 is 8.78 Å². The van der Waals surface area contributed by atoms with Gasteiger partial charge in [0.05, 0.1) is 5.75 Å². The quantitative estimate of drug-likeness (QED) is 0.840. The zero-order chi connectivity index (χ0) is 10.7. The van der Waals surface area contributed by atoms with Crippen molar-refractivity contribution in [2.45, 2.75) is 12.3 Å². The van der Waals surface area contributed by atoms with Gasteiger partial charge in [0.1, 0.15) is 5.82 Å². The maximum atomic E-state index is 12.4. The smallest absolute Gasteiger partial charge is 0.316 e. The lowest BCUT2D eigenvalue weighted by Gasteiger charge is -2.26. The molecule has 0 unspecified atom stereocenters. The highest BCUT2D eigenvalue weighted by atomic mass is 32.2. The number of rotatable bonds is 5. The fourth-order valence-corrected chi connectivity index (χ4v) is 2.51. The lowest BCUT2D eigenvalue weighted by molar-refractivity contribution is 0.0678. The monoisotopic (exact) mass is 233 g/mol. The lowest BCUT2D eigenvalue weighted by Crippen LogP contribution is -2.43. The average molecular weight is 233 g/mol. The topological polar surface area (TPSA) is 29.9 Å². The van der Waals surface area contributed by atoms with Gasteiger partial charge in [0, 0.05) is 12.4 Å². The van der Waals surface area contributed by atoms with E-state index in [-0.39, 0.29) is 0 Å². The van der Waals surface area contributed by atoms with Crippen LogP contribution in [0.3, 0.4) is 0 Å². The van der Waals surface area contributed by atoms with Gasteiger partial charge in [-0.1, -0.05) is 0 Å². The highest BCUT2D eigenvalue weighted by molar-refractivity contribution is 7.98. The average Bonchev–Trinajstić information content (AvgIpc) is 2.57. The van der Waals surface area contributed by atoms with Crippen LogP contribution in [-0.2, 0) is 5.75 Å². The Labute approximate surface area is 91.3 Å². The van der Waals surface area contributed by atoms with Gasteiger partial charge < -0.3 is 5.32 Å². The van der Waals surface area contributed by atoms with Crippen LogP contribution in [0.4, 0.5) is 8.78 Å². The highest BCUT2D eigenvalue weighted by Crippen LogP contribution is 2.19. The maximum Gasteiger partial charge on any atom is 0.319 e. The first-order valence-electron chi connectivity index (χ1n) is 4.85. The summed E-state index contributed by atoms with van der Waals surface area (Å²) in [5, 5.41) is 3.18. The van der Waals surface area contributed by atoms with E-state index in [1.54, 1.807) is 11.8 Å². The lowest BCUT2D eigenvalue weighted by atomic mass is 10.1. The van der Waals surface area contributed by atoms with E-state index in [2.05, 4.69) is 10.3 Å². The number of thioether (sulfide) groups is 1. The number of hydrogen-bond donors (Lipinski definition) is 1. The molecule has 15 heavy (non-hydrogen) atoms. The van der Waals surface area contributed by atoms with Crippen molar-refractivity contribution in [3.8, 4) is 0 Å². The molecule has 1 aromatic heterocycles. The Morgan fingerprint density at radius 3 is 3.00 bits per heavy atom. The van der Waals surface area contributed by atoms with Gasteiger partial charge in [-0.25, -0.2) is 4.98 Å². The minimum Gasteiger partial charge on any atom is -0.316 e. The third kappa shape index (κ3) is 2.69. The van der Waals surface area contributed by atoms with E-state index in [1.165, 1.54) is 12.4 Å². The summed E-state index contributed by atoms with van der Waals surface area (Å²) in [7, 11) is 0. The summed E-state index contributed by atoms with van der Waals surface area (Å²) in [6.07, 6.45) is 2.75. The van der Waals surface area contributed by atoms with Crippen LogP contribution in [-0.4, -0.2) is 28.4 Å². The van der Waals surface area contributed by atoms with E-state index in [0.29, 0.717) is 17.5 Å².